The van der Waals surface area contributed by atoms with Gasteiger partial charge in [0, 0.05) is 38.2 Å². The van der Waals surface area contributed by atoms with E-state index in [2.05, 4.69) is 20.3 Å². The molecule has 0 fully saturated rings. The minimum Gasteiger partial charge on any atom is -0.336 e. The third-order valence-electron chi connectivity index (χ3n) is 2.25. The molecule has 0 amide bonds. The van der Waals surface area contributed by atoms with E-state index in [1.165, 1.54) is 0 Å². The fourth-order valence-electron chi connectivity index (χ4n) is 1.45. The average molecular weight is 217 g/mol. The van der Waals surface area contributed by atoms with Gasteiger partial charge in [-0.25, -0.2) is 15.0 Å². The maximum atomic E-state index is 4.31. The number of hydrogen-bond donors (Lipinski definition) is 1. The molecule has 2 heterocycles. The topological polar surface area (TPSA) is 55.6 Å². The monoisotopic (exact) mass is 217 g/mol. The molecule has 0 unspecified atom stereocenters. The average Bonchev–Trinajstić information content (AvgIpc) is 2.77. The first kappa shape index (κ1) is 10.8. The van der Waals surface area contributed by atoms with E-state index in [1.54, 1.807) is 12.4 Å². The zero-order valence-electron chi connectivity index (χ0n) is 9.30. The Kier molecular flexibility index (Phi) is 3.61. The van der Waals surface area contributed by atoms with Gasteiger partial charge in [0.25, 0.3) is 0 Å². The van der Waals surface area contributed by atoms with Crippen LogP contribution in [0.25, 0.3) is 0 Å². The third-order valence-corrected chi connectivity index (χ3v) is 2.25. The van der Waals surface area contributed by atoms with Gasteiger partial charge >= 0.3 is 0 Å². The summed E-state index contributed by atoms with van der Waals surface area (Å²) in [4.78, 5) is 12.4. The molecule has 2 rings (SSSR count). The van der Waals surface area contributed by atoms with E-state index < -0.39 is 0 Å². The lowest BCUT2D eigenvalue weighted by atomic mass is 10.4. The van der Waals surface area contributed by atoms with E-state index in [1.807, 2.05) is 30.1 Å². The first-order valence-electron chi connectivity index (χ1n) is 5.29. The number of nitrogens with zero attached hydrogens (tertiary/aromatic N) is 4. The Morgan fingerprint density at radius 1 is 1.38 bits per heavy atom. The minimum atomic E-state index is 0.776. The molecule has 0 saturated heterocycles. The molecular weight excluding hydrogens is 202 g/mol. The second-order valence-electron chi connectivity index (χ2n) is 3.57. The van der Waals surface area contributed by atoms with Gasteiger partial charge in [-0.2, -0.15) is 0 Å². The quantitative estimate of drug-likeness (QED) is 0.752. The van der Waals surface area contributed by atoms with Crippen LogP contribution in [0.3, 0.4) is 0 Å². The highest BCUT2D eigenvalue weighted by Crippen LogP contribution is 1.93. The number of hydrogen-bond acceptors (Lipinski definition) is 4. The van der Waals surface area contributed by atoms with Crippen LogP contribution in [0, 0.1) is 6.92 Å². The highest BCUT2D eigenvalue weighted by Gasteiger charge is 1.95. The molecule has 0 bridgehead atoms. The van der Waals surface area contributed by atoms with Crippen molar-refractivity contribution < 1.29 is 0 Å². The van der Waals surface area contributed by atoms with Gasteiger partial charge in [0.15, 0.2) is 0 Å². The van der Waals surface area contributed by atoms with Gasteiger partial charge in [0.2, 0.25) is 0 Å². The Morgan fingerprint density at radius 3 is 3.06 bits per heavy atom. The molecule has 0 aromatic carbocycles. The molecule has 84 valence electrons. The summed E-state index contributed by atoms with van der Waals surface area (Å²) in [6.07, 6.45) is 7.34. The Hall–Kier alpha value is -1.75. The SMILES string of the molecule is Cc1nccc(CNCCn2ccnc2)n1. The number of aryl methyl sites for hydroxylation is 1. The number of imidazole rings is 1. The summed E-state index contributed by atoms with van der Waals surface area (Å²) in [6, 6.07) is 1.93. The van der Waals surface area contributed by atoms with Crippen LogP contribution in [-0.4, -0.2) is 26.1 Å². The van der Waals surface area contributed by atoms with Crippen molar-refractivity contribution in [3.63, 3.8) is 0 Å². The van der Waals surface area contributed by atoms with Crippen molar-refractivity contribution in [2.75, 3.05) is 6.54 Å². The molecule has 5 heteroatoms. The van der Waals surface area contributed by atoms with Gasteiger partial charge < -0.3 is 9.88 Å². The maximum absolute atomic E-state index is 4.31. The van der Waals surface area contributed by atoms with E-state index in [4.69, 9.17) is 0 Å². The van der Waals surface area contributed by atoms with E-state index in [-0.39, 0.29) is 0 Å². The molecule has 16 heavy (non-hydrogen) atoms. The van der Waals surface area contributed by atoms with Crippen molar-refractivity contribution in [1.29, 1.82) is 0 Å². The predicted molar refractivity (Wildman–Crippen MR) is 60.7 cm³/mol. The van der Waals surface area contributed by atoms with E-state index >= 15 is 0 Å². The smallest absolute Gasteiger partial charge is 0.125 e. The summed E-state index contributed by atoms with van der Waals surface area (Å²) in [5, 5.41) is 3.33. The first-order chi connectivity index (χ1) is 7.84. The van der Waals surface area contributed by atoms with Crippen LogP contribution in [0.1, 0.15) is 11.5 Å². The van der Waals surface area contributed by atoms with Crippen LogP contribution >= 0.6 is 0 Å². The molecule has 0 aliphatic carbocycles. The largest absolute Gasteiger partial charge is 0.336 e. The lowest BCUT2D eigenvalue weighted by Crippen LogP contribution is -2.19. The molecule has 0 aliphatic rings. The molecule has 0 spiro atoms. The van der Waals surface area contributed by atoms with Gasteiger partial charge in [-0.3, -0.25) is 0 Å². The van der Waals surface area contributed by atoms with Crippen LogP contribution < -0.4 is 5.32 Å². The maximum Gasteiger partial charge on any atom is 0.125 e. The molecular formula is C11H15N5. The lowest BCUT2D eigenvalue weighted by Gasteiger charge is -2.05. The second kappa shape index (κ2) is 5.37. The lowest BCUT2D eigenvalue weighted by molar-refractivity contribution is 0.591. The molecule has 2 aromatic heterocycles. The Bertz CT molecular complexity index is 424. The predicted octanol–water partition coefficient (Wildman–Crippen LogP) is 0.771. The van der Waals surface area contributed by atoms with Crippen molar-refractivity contribution in [3.8, 4) is 0 Å². The third kappa shape index (κ3) is 3.13. The molecule has 2 aromatic rings. The van der Waals surface area contributed by atoms with Crippen LogP contribution in [0.4, 0.5) is 0 Å². The number of aromatic nitrogens is 4. The normalized spacial score (nSPS) is 10.6. The second-order valence-corrected chi connectivity index (χ2v) is 3.57. The molecule has 0 aliphatic heterocycles. The minimum absolute atomic E-state index is 0.776. The Morgan fingerprint density at radius 2 is 2.31 bits per heavy atom. The zero-order chi connectivity index (χ0) is 11.2. The van der Waals surface area contributed by atoms with Gasteiger partial charge in [-0.15, -0.1) is 0 Å². The van der Waals surface area contributed by atoms with Crippen molar-refractivity contribution in [3.05, 3.63) is 42.5 Å². The fraction of sp³-hybridized carbons (Fsp3) is 0.364. The number of rotatable bonds is 5. The van der Waals surface area contributed by atoms with Gasteiger partial charge in [0.05, 0.1) is 12.0 Å². The summed E-state index contributed by atoms with van der Waals surface area (Å²) in [6.45, 7) is 4.50. The summed E-state index contributed by atoms with van der Waals surface area (Å²) in [7, 11) is 0. The first-order valence-corrected chi connectivity index (χ1v) is 5.29. The highest BCUT2D eigenvalue weighted by atomic mass is 15.0. The van der Waals surface area contributed by atoms with E-state index in [0.29, 0.717) is 0 Å². The van der Waals surface area contributed by atoms with E-state index in [0.717, 1.165) is 31.2 Å². The fourth-order valence-corrected chi connectivity index (χ4v) is 1.45. The standard InChI is InChI=1S/C11H15N5/c1-10-14-3-2-11(15-10)8-12-4-6-16-7-5-13-9-16/h2-3,5,7,9,12H,4,6,8H2,1H3. The van der Waals surface area contributed by atoms with Crippen molar-refractivity contribution >= 4 is 0 Å². The van der Waals surface area contributed by atoms with Crippen LogP contribution in [0.15, 0.2) is 31.0 Å². The van der Waals surface area contributed by atoms with Gasteiger partial charge in [-0.05, 0) is 13.0 Å². The zero-order valence-corrected chi connectivity index (χ0v) is 9.30. The molecule has 0 saturated carbocycles. The molecule has 0 radical (unpaired) electrons. The molecule has 0 atom stereocenters. The number of nitrogens with one attached hydrogen (secondary N) is 1. The van der Waals surface area contributed by atoms with Crippen LogP contribution in [0.5, 0.6) is 0 Å². The summed E-state index contributed by atoms with van der Waals surface area (Å²) in [5.41, 5.74) is 1.03. The van der Waals surface area contributed by atoms with Crippen molar-refractivity contribution in [1.82, 2.24) is 24.8 Å². The summed E-state index contributed by atoms with van der Waals surface area (Å²) in [5.74, 6) is 0.814. The Balaban J connectivity index is 1.72. The summed E-state index contributed by atoms with van der Waals surface area (Å²) >= 11 is 0. The van der Waals surface area contributed by atoms with E-state index in [9.17, 15) is 0 Å². The van der Waals surface area contributed by atoms with Crippen molar-refractivity contribution in [2.45, 2.75) is 20.0 Å². The summed E-state index contributed by atoms with van der Waals surface area (Å²) < 4.78 is 2.04. The highest BCUT2D eigenvalue weighted by molar-refractivity contribution is 5.00. The van der Waals surface area contributed by atoms with Crippen LogP contribution in [-0.2, 0) is 13.1 Å². The van der Waals surface area contributed by atoms with Gasteiger partial charge in [-0.1, -0.05) is 0 Å². The van der Waals surface area contributed by atoms with Crippen molar-refractivity contribution in [2.24, 2.45) is 0 Å². The molecule has 1 N–H and O–H groups in total. The van der Waals surface area contributed by atoms with Crippen LogP contribution in [0.2, 0.25) is 0 Å². The molecule has 5 nitrogen and oxygen atoms in total. The van der Waals surface area contributed by atoms with Gasteiger partial charge in [0.1, 0.15) is 5.82 Å². The Labute approximate surface area is 94.6 Å².